The van der Waals surface area contributed by atoms with Gasteiger partial charge in [0.05, 0.1) is 0 Å². The van der Waals surface area contributed by atoms with Crippen LogP contribution in [0, 0.1) is 11.6 Å². The molecule has 0 aliphatic carbocycles. The molecule has 0 aromatic heterocycles. The highest BCUT2D eigenvalue weighted by molar-refractivity contribution is 7.98. The number of rotatable bonds is 4. The van der Waals surface area contributed by atoms with Crippen molar-refractivity contribution in [3.8, 4) is 0 Å². The van der Waals surface area contributed by atoms with Crippen LogP contribution in [0.2, 0.25) is 0 Å². The fourth-order valence-electron chi connectivity index (χ4n) is 1.59. The smallest absolute Gasteiger partial charge is 0.163 e. The lowest BCUT2D eigenvalue weighted by Gasteiger charge is -2.08. The van der Waals surface area contributed by atoms with E-state index >= 15 is 0 Å². The summed E-state index contributed by atoms with van der Waals surface area (Å²) in [6.45, 7) is 0.266. The Morgan fingerprint density at radius 2 is 1.78 bits per heavy atom. The van der Waals surface area contributed by atoms with Crippen molar-refractivity contribution in [1.82, 2.24) is 0 Å². The maximum Gasteiger partial charge on any atom is 0.163 e. The summed E-state index contributed by atoms with van der Waals surface area (Å²) in [6.07, 6.45) is 2.00. The molecule has 0 heterocycles. The van der Waals surface area contributed by atoms with Gasteiger partial charge in [-0.15, -0.1) is 11.8 Å². The van der Waals surface area contributed by atoms with Crippen LogP contribution in [0.1, 0.15) is 5.56 Å². The van der Waals surface area contributed by atoms with Crippen LogP contribution in [-0.2, 0) is 6.54 Å². The lowest BCUT2D eigenvalue weighted by molar-refractivity contribution is 0.500. The van der Waals surface area contributed by atoms with E-state index in [1.807, 2.05) is 30.5 Å². The van der Waals surface area contributed by atoms with Gasteiger partial charge >= 0.3 is 0 Å². The van der Waals surface area contributed by atoms with E-state index in [4.69, 9.17) is 0 Å². The Bertz CT molecular complexity index is 526. The van der Waals surface area contributed by atoms with Crippen LogP contribution in [0.5, 0.6) is 0 Å². The highest BCUT2D eigenvalue weighted by Crippen LogP contribution is 2.18. The number of thioether (sulfide) groups is 1. The standard InChI is InChI=1S/C14H13F2NS/c1-18-12-7-5-11(6-8-12)17-9-10-3-2-4-13(15)14(10)16/h2-8,17H,9H2,1H3. The molecule has 0 radical (unpaired) electrons. The van der Waals surface area contributed by atoms with Gasteiger partial charge in [-0.1, -0.05) is 12.1 Å². The number of hydrogen-bond acceptors (Lipinski definition) is 2. The summed E-state index contributed by atoms with van der Waals surface area (Å²) in [7, 11) is 0. The van der Waals surface area contributed by atoms with Gasteiger partial charge in [0.25, 0.3) is 0 Å². The summed E-state index contributed by atoms with van der Waals surface area (Å²) in [5.74, 6) is -1.60. The molecule has 1 N–H and O–H groups in total. The normalized spacial score (nSPS) is 10.4. The van der Waals surface area contributed by atoms with Crippen LogP contribution >= 0.6 is 11.8 Å². The molecule has 2 rings (SSSR count). The molecule has 0 fully saturated rings. The number of halogens is 2. The minimum absolute atomic E-state index is 0.266. The molecule has 0 spiro atoms. The third-order valence-electron chi connectivity index (χ3n) is 2.60. The lowest BCUT2D eigenvalue weighted by atomic mass is 10.2. The third kappa shape index (κ3) is 3.01. The topological polar surface area (TPSA) is 12.0 Å². The molecular weight excluding hydrogens is 252 g/mol. The molecule has 94 valence electrons. The van der Waals surface area contributed by atoms with Crippen LogP contribution in [0.25, 0.3) is 0 Å². The first kappa shape index (κ1) is 12.9. The summed E-state index contributed by atoms with van der Waals surface area (Å²) >= 11 is 1.66. The molecule has 4 heteroatoms. The Balaban J connectivity index is 2.04. The SMILES string of the molecule is CSc1ccc(NCc2cccc(F)c2F)cc1. The van der Waals surface area contributed by atoms with E-state index in [-0.39, 0.29) is 6.54 Å². The van der Waals surface area contributed by atoms with E-state index < -0.39 is 11.6 Å². The van der Waals surface area contributed by atoms with Gasteiger partial charge in [-0.2, -0.15) is 0 Å². The van der Waals surface area contributed by atoms with E-state index in [0.29, 0.717) is 5.56 Å². The zero-order valence-electron chi connectivity index (χ0n) is 9.91. The molecule has 0 aliphatic rings. The van der Waals surface area contributed by atoms with E-state index in [1.165, 1.54) is 6.07 Å². The Hall–Kier alpha value is -1.55. The molecule has 0 atom stereocenters. The second kappa shape index (κ2) is 5.87. The predicted molar refractivity (Wildman–Crippen MR) is 71.9 cm³/mol. The van der Waals surface area contributed by atoms with Crippen molar-refractivity contribution in [2.75, 3.05) is 11.6 Å². The molecule has 18 heavy (non-hydrogen) atoms. The van der Waals surface area contributed by atoms with E-state index in [2.05, 4.69) is 5.32 Å². The zero-order chi connectivity index (χ0) is 13.0. The molecule has 0 aliphatic heterocycles. The first-order valence-electron chi connectivity index (χ1n) is 5.51. The molecule has 2 aromatic carbocycles. The van der Waals surface area contributed by atoms with Gasteiger partial charge in [-0.25, -0.2) is 8.78 Å². The minimum Gasteiger partial charge on any atom is -0.381 e. The van der Waals surface area contributed by atoms with Crippen molar-refractivity contribution in [1.29, 1.82) is 0 Å². The van der Waals surface area contributed by atoms with Crippen LogP contribution in [0.4, 0.5) is 14.5 Å². The minimum atomic E-state index is -0.813. The van der Waals surface area contributed by atoms with Crippen molar-refractivity contribution in [3.63, 3.8) is 0 Å². The number of hydrogen-bond donors (Lipinski definition) is 1. The first-order valence-corrected chi connectivity index (χ1v) is 6.74. The number of benzene rings is 2. The number of nitrogens with one attached hydrogen (secondary N) is 1. The zero-order valence-corrected chi connectivity index (χ0v) is 10.7. The largest absolute Gasteiger partial charge is 0.381 e. The summed E-state index contributed by atoms with van der Waals surface area (Å²) in [4.78, 5) is 1.16. The monoisotopic (exact) mass is 265 g/mol. The van der Waals surface area contributed by atoms with E-state index in [9.17, 15) is 8.78 Å². The van der Waals surface area contributed by atoms with E-state index in [0.717, 1.165) is 16.6 Å². The molecule has 0 saturated heterocycles. The van der Waals surface area contributed by atoms with Gasteiger partial charge in [0.15, 0.2) is 11.6 Å². The van der Waals surface area contributed by atoms with Gasteiger partial charge in [0.1, 0.15) is 0 Å². The van der Waals surface area contributed by atoms with E-state index in [1.54, 1.807) is 17.8 Å². The fourth-order valence-corrected chi connectivity index (χ4v) is 2.00. The highest BCUT2D eigenvalue weighted by atomic mass is 32.2. The molecule has 2 aromatic rings. The molecular formula is C14H13F2NS. The van der Waals surface area contributed by atoms with Gasteiger partial charge in [0.2, 0.25) is 0 Å². The first-order chi connectivity index (χ1) is 8.70. The van der Waals surface area contributed by atoms with Gasteiger partial charge in [-0.3, -0.25) is 0 Å². The Kier molecular flexibility index (Phi) is 4.20. The molecule has 0 bridgehead atoms. The molecule has 1 nitrogen and oxygen atoms in total. The van der Waals surface area contributed by atoms with Crippen molar-refractivity contribution in [3.05, 3.63) is 59.7 Å². The molecule has 0 saturated carbocycles. The summed E-state index contributed by atoms with van der Waals surface area (Å²) in [6, 6.07) is 12.0. The van der Waals surface area contributed by atoms with Crippen molar-refractivity contribution in [2.24, 2.45) is 0 Å². The van der Waals surface area contributed by atoms with Crippen molar-refractivity contribution < 1.29 is 8.78 Å². The Labute approximate surface area is 109 Å². The Morgan fingerprint density at radius 1 is 1.06 bits per heavy atom. The highest BCUT2D eigenvalue weighted by Gasteiger charge is 2.06. The van der Waals surface area contributed by atoms with Gasteiger partial charge in [0, 0.05) is 22.7 Å². The van der Waals surface area contributed by atoms with Crippen molar-refractivity contribution in [2.45, 2.75) is 11.4 Å². The number of anilines is 1. The van der Waals surface area contributed by atoms with Crippen LogP contribution in [0.3, 0.4) is 0 Å². The lowest BCUT2D eigenvalue weighted by Crippen LogP contribution is -2.03. The van der Waals surface area contributed by atoms with Crippen LogP contribution in [-0.4, -0.2) is 6.26 Å². The quantitative estimate of drug-likeness (QED) is 0.827. The van der Waals surface area contributed by atoms with Gasteiger partial charge in [-0.05, 0) is 36.6 Å². The summed E-state index contributed by atoms with van der Waals surface area (Å²) < 4.78 is 26.4. The summed E-state index contributed by atoms with van der Waals surface area (Å²) in [5.41, 5.74) is 1.21. The third-order valence-corrected chi connectivity index (χ3v) is 3.35. The maximum absolute atomic E-state index is 13.4. The average molecular weight is 265 g/mol. The molecule has 0 amide bonds. The van der Waals surface area contributed by atoms with Gasteiger partial charge < -0.3 is 5.32 Å². The molecule has 0 unspecified atom stereocenters. The second-order valence-electron chi connectivity index (χ2n) is 3.79. The Morgan fingerprint density at radius 3 is 2.44 bits per heavy atom. The maximum atomic E-state index is 13.4. The van der Waals surface area contributed by atoms with Crippen LogP contribution < -0.4 is 5.32 Å². The van der Waals surface area contributed by atoms with Crippen LogP contribution in [0.15, 0.2) is 47.4 Å². The average Bonchev–Trinajstić information content (AvgIpc) is 2.41. The van der Waals surface area contributed by atoms with Crippen molar-refractivity contribution >= 4 is 17.4 Å². The second-order valence-corrected chi connectivity index (χ2v) is 4.67. The summed E-state index contributed by atoms with van der Waals surface area (Å²) in [5, 5.41) is 3.06. The predicted octanol–water partition coefficient (Wildman–Crippen LogP) is 4.30. The fraction of sp³-hybridized carbons (Fsp3) is 0.143.